The van der Waals surface area contributed by atoms with Gasteiger partial charge in [-0.15, -0.1) is 22.0 Å². The summed E-state index contributed by atoms with van der Waals surface area (Å²) in [4.78, 5) is 11.9. The number of carbonyl (C=O) groups is 1. The fraction of sp³-hybridized carbons (Fsp3) is 0.357. The predicted octanol–water partition coefficient (Wildman–Crippen LogP) is 4.70. The lowest BCUT2D eigenvalue weighted by Gasteiger charge is -2.04. The second-order valence-electron chi connectivity index (χ2n) is 4.82. The van der Waals surface area contributed by atoms with Crippen LogP contribution in [0.25, 0.3) is 0 Å². The number of halogens is 2. The van der Waals surface area contributed by atoms with E-state index < -0.39 is 0 Å². The number of benzene rings is 1. The zero-order chi connectivity index (χ0) is 16.8. The molecular weight excluding hydrogens is 377 g/mol. The molecule has 0 fully saturated rings. The summed E-state index contributed by atoms with van der Waals surface area (Å²) in [5.74, 6) is 0.0847. The molecule has 0 aliphatic heterocycles. The largest absolute Gasteiger partial charge is 0.300 e. The van der Waals surface area contributed by atoms with Crippen molar-refractivity contribution in [1.82, 2.24) is 10.2 Å². The van der Waals surface area contributed by atoms with Crippen LogP contribution in [0.3, 0.4) is 0 Å². The lowest BCUT2D eigenvalue weighted by molar-refractivity contribution is -0.113. The number of hydrogen-bond acceptors (Lipinski definition) is 6. The van der Waals surface area contributed by atoms with Crippen molar-refractivity contribution < 1.29 is 9.18 Å². The van der Waals surface area contributed by atoms with Gasteiger partial charge in [-0.05, 0) is 17.7 Å². The standard InChI is InChI=1S/C14H15ClFN3OS3/c1-8(2)22-14-19-18-13(23-14)17-12(20)7-21-6-9-3-4-10(15)5-11(9)16/h3-5,8H,6-7H2,1-2H3,(H,17,18,20). The van der Waals surface area contributed by atoms with Crippen molar-refractivity contribution in [3.63, 3.8) is 0 Å². The highest BCUT2D eigenvalue weighted by Gasteiger charge is 2.10. The first-order chi connectivity index (χ1) is 10.9. The summed E-state index contributed by atoms with van der Waals surface area (Å²) < 4.78 is 14.4. The maximum Gasteiger partial charge on any atom is 0.236 e. The fourth-order valence-corrected chi connectivity index (χ4v) is 4.52. The van der Waals surface area contributed by atoms with Crippen molar-refractivity contribution in [2.75, 3.05) is 11.1 Å². The first-order valence-electron chi connectivity index (χ1n) is 6.75. The Kier molecular flexibility index (Phi) is 7.13. The average molecular weight is 392 g/mol. The summed E-state index contributed by atoms with van der Waals surface area (Å²) in [5, 5.41) is 11.9. The molecule has 9 heteroatoms. The topological polar surface area (TPSA) is 54.9 Å². The Labute approximate surface area is 151 Å². The SMILES string of the molecule is CC(C)Sc1nnc(NC(=O)CSCc2ccc(Cl)cc2F)s1. The molecule has 23 heavy (non-hydrogen) atoms. The third kappa shape index (κ3) is 6.29. The van der Waals surface area contributed by atoms with Crippen LogP contribution >= 0.6 is 46.5 Å². The molecule has 1 aromatic carbocycles. The van der Waals surface area contributed by atoms with Gasteiger partial charge in [0.1, 0.15) is 5.82 Å². The molecule has 2 aromatic rings. The molecule has 1 amide bonds. The van der Waals surface area contributed by atoms with Gasteiger partial charge in [0, 0.05) is 16.0 Å². The van der Waals surface area contributed by atoms with Crippen molar-refractivity contribution in [2.45, 2.75) is 29.2 Å². The minimum atomic E-state index is -0.357. The van der Waals surface area contributed by atoms with Crippen molar-refractivity contribution in [3.05, 3.63) is 34.6 Å². The highest BCUT2D eigenvalue weighted by atomic mass is 35.5. The van der Waals surface area contributed by atoms with E-state index in [2.05, 4.69) is 29.4 Å². The number of rotatable bonds is 7. The monoisotopic (exact) mass is 391 g/mol. The van der Waals surface area contributed by atoms with Gasteiger partial charge in [0.15, 0.2) is 4.34 Å². The predicted molar refractivity (Wildman–Crippen MR) is 97.1 cm³/mol. The van der Waals surface area contributed by atoms with E-state index in [0.29, 0.717) is 26.7 Å². The molecule has 2 rings (SSSR count). The van der Waals surface area contributed by atoms with E-state index in [4.69, 9.17) is 11.6 Å². The smallest absolute Gasteiger partial charge is 0.236 e. The van der Waals surface area contributed by atoms with Gasteiger partial charge >= 0.3 is 0 Å². The molecule has 1 aromatic heterocycles. The van der Waals surface area contributed by atoms with E-state index >= 15 is 0 Å². The van der Waals surface area contributed by atoms with E-state index in [0.717, 1.165) is 4.34 Å². The lowest BCUT2D eigenvalue weighted by Crippen LogP contribution is -2.14. The Balaban J connectivity index is 1.77. The van der Waals surface area contributed by atoms with Crippen molar-refractivity contribution in [3.8, 4) is 0 Å². The molecule has 0 spiro atoms. The first-order valence-corrected chi connectivity index (χ1v) is 9.98. The molecule has 4 nitrogen and oxygen atoms in total. The van der Waals surface area contributed by atoms with Crippen LogP contribution in [0, 0.1) is 5.82 Å². The Morgan fingerprint density at radius 2 is 2.22 bits per heavy atom. The van der Waals surface area contributed by atoms with Crippen molar-refractivity contribution in [1.29, 1.82) is 0 Å². The highest BCUT2D eigenvalue weighted by molar-refractivity contribution is 8.01. The van der Waals surface area contributed by atoms with Crippen molar-refractivity contribution in [2.24, 2.45) is 0 Å². The van der Waals surface area contributed by atoms with Gasteiger partial charge in [-0.1, -0.05) is 54.6 Å². The Morgan fingerprint density at radius 3 is 2.91 bits per heavy atom. The van der Waals surface area contributed by atoms with E-state index in [1.807, 2.05) is 0 Å². The number of aromatic nitrogens is 2. The summed E-state index contributed by atoms with van der Waals surface area (Å²) in [5.41, 5.74) is 0.527. The van der Waals surface area contributed by atoms with Crippen molar-refractivity contribution >= 4 is 57.5 Å². The fourth-order valence-electron chi connectivity index (χ4n) is 1.56. The van der Waals surface area contributed by atoms with Gasteiger partial charge in [0.05, 0.1) is 5.75 Å². The summed E-state index contributed by atoms with van der Waals surface area (Å²) in [6, 6.07) is 4.53. The normalized spacial score (nSPS) is 11.0. The third-order valence-corrected chi connectivity index (χ3v) is 5.64. The van der Waals surface area contributed by atoms with E-state index in [-0.39, 0.29) is 17.5 Å². The second-order valence-corrected chi connectivity index (χ2v) is 9.04. The van der Waals surface area contributed by atoms with Gasteiger partial charge < -0.3 is 0 Å². The van der Waals surface area contributed by atoms with Crippen LogP contribution in [0.2, 0.25) is 5.02 Å². The van der Waals surface area contributed by atoms with Gasteiger partial charge in [-0.25, -0.2) is 4.39 Å². The molecule has 124 valence electrons. The van der Waals surface area contributed by atoms with Crippen LogP contribution in [0.4, 0.5) is 9.52 Å². The maximum absolute atomic E-state index is 13.6. The minimum Gasteiger partial charge on any atom is -0.300 e. The zero-order valence-electron chi connectivity index (χ0n) is 12.5. The summed E-state index contributed by atoms with van der Waals surface area (Å²) in [6.07, 6.45) is 0. The maximum atomic E-state index is 13.6. The van der Waals surface area contributed by atoms with Gasteiger partial charge in [-0.3, -0.25) is 10.1 Å². The Morgan fingerprint density at radius 1 is 1.43 bits per heavy atom. The molecule has 0 aliphatic carbocycles. The molecule has 0 saturated carbocycles. The van der Waals surface area contributed by atoms with E-state index in [1.165, 1.54) is 29.2 Å². The molecule has 0 radical (unpaired) electrons. The summed E-state index contributed by atoms with van der Waals surface area (Å²) >= 11 is 9.98. The first kappa shape index (κ1) is 18.5. The van der Waals surface area contributed by atoms with Gasteiger partial charge in [0.2, 0.25) is 11.0 Å². The molecule has 0 aliphatic rings. The summed E-state index contributed by atoms with van der Waals surface area (Å²) in [6.45, 7) is 4.13. The van der Waals surface area contributed by atoms with E-state index in [1.54, 1.807) is 23.9 Å². The molecular formula is C14H15ClFN3OS3. The number of thioether (sulfide) groups is 2. The zero-order valence-corrected chi connectivity index (χ0v) is 15.7. The Bertz CT molecular complexity index is 681. The van der Waals surface area contributed by atoms with Crippen LogP contribution < -0.4 is 5.32 Å². The molecule has 1 N–H and O–H groups in total. The number of carbonyl (C=O) groups excluding carboxylic acids is 1. The lowest BCUT2D eigenvalue weighted by atomic mass is 10.2. The molecule has 0 atom stereocenters. The molecule has 1 heterocycles. The second kappa shape index (κ2) is 8.86. The Hall–Kier alpha value is -0.830. The molecule has 0 bridgehead atoms. The van der Waals surface area contributed by atoms with Crippen LogP contribution in [0.5, 0.6) is 0 Å². The van der Waals surface area contributed by atoms with Crippen LogP contribution in [-0.2, 0) is 10.5 Å². The number of hydrogen-bond donors (Lipinski definition) is 1. The molecule has 0 unspecified atom stereocenters. The average Bonchev–Trinajstić information content (AvgIpc) is 2.87. The number of amides is 1. The number of nitrogens with zero attached hydrogens (tertiary/aromatic N) is 2. The van der Waals surface area contributed by atoms with E-state index in [9.17, 15) is 9.18 Å². The third-order valence-electron chi connectivity index (χ3n) is 2.50. The summed E-state index contributed by atoms with van der Waals surface area (Å²) in [7, 11) is 0. The van der Waals surface area contributed by atoms with Crippen LogP contribution in [-0.4, -0.2) is 27.1 Å². The van der Waals surface area contributed by atoms with Crippen LogP contribution in [0.15, 0.2) is 22.5 Å². The van der Waals surface area contributed by atoms with Gasteiger partial charge in [0.25, 0.3) is 0 Å². The minimum absolute atomic E-state index is 0.179. The quantitative estimate of drug-likeness (QED) is 0.547. The molecule has 0 saturated heterocycles. The van der Waals surface area contributed by atoms with Crippen LogP contribution in [0.1, 0.15) is 19.4 Å². The van der Waals surface area contributed by atoms with Gasteiger partial charge in [-0.2, -0.15) is 0 Å². The number of nitrogens with one attached hydrogen (secondary N) is 1. The highest BCUT2D eigenvalue weighted by Crippen LogP contribution is 2.28. The number of anilines is 1.